The molecule has 1 aliphatic heterocycles. The third kappa shape index (κ3) is 5.17. The molecule has 0 saturated carbocycles. The summed E-state index contributed by atoms with van der Waals surface area (Å²) in [4.78, 5) is 10.1. The Kier molecular flexibility index (Phi) is 7.42. The van der Waals surface area contributed by atoms with Crippen molar-refractivity contribution in [1.82, 2.24) is 4.98 Å². The summed E-state index contributed by atoms with van der Waals surface area (Å²) in [6.07, 6.45) is 21.3. The van der Waals surface area contributed by atoms with Crippen LogP contribution in [0, 0.1) is 23.7 Å². The molecule has 2 nitrogen and oxygen atoms in total. The first kappa shape index (κ1) is 30.0. The molecule has 0 radical (unpaired) electrons. The van der Waals surface area contributed by atoms with Crippen molar-refractivity contribution in [2.75, 3.05) is 0 Å². The van der Waals surface area contributed by atoms with Crippen molar-refractivity contribution in [3.63, 3.8) is 0 Å². The molecule has 2 heteroatoms. The summed E-state index contributed by atoms with van der Waals surface area (Å²) in [7, 11) is 0. The van der Waals surface area contributed by atoms with E-state index < -0.39 is 0 Å². The number of benzene rings is 4. The molecule has 3 aliphatic carbocycles. The number of pyridine rings is 1. The Labute approximate surface area is 290 Å². The van der Waals surface area contributed by atoms with Crippen LogP contribution in [0.3, 0.4) is 0 Å². The summed E-state index contributed by atoms with van der Waals surface area (Å²) in [5.74, 6) is 1.88. The van der Waals surface area contributed by atoms with Gasteiger partial charge in [0.25, 0.3) is 0 Å². The largest absolute Gasteiger partial charge is 0.254 e. The van der Waals surface area contributed by atoms with Gasteiger partial charge in [-0.3, -0.25) is 9.98 Å². The van der Waals surface area contributed by atoms with E-state index >= 15 is 0 Å². The fraction of sp³-hybridized carbons (Fsp3) is 0.234. The van der Waals surface area contributed by atoms with Crippen LogP contribution in [-0.4, -0.2) is 10.7 Å². The van der Waals surface area contributed by atoms with Crippen molar-refractivity contribution in [3.05, 3.63) is 156 Å². The van der Waals surface area contributed by atoms with Crippen molar-refractivity contribution < 1.29 is 0 Å². The minimum absolute atomic E-state index is 0.457. The van der Waals surface area contributed by atoms with Crippen LogP contribution in [-0.2, 0) is 12.8 Å². The van der Waals surface area contributed by atoms with Gasteiger partial charge in [0.2, 0.25) is 0 Å². The summed E-state index contributed by atoms with van der Waals surface area (Å²) in [5, 5.41) is 5.14. The van der Waals surface area contributed by atoms with Crippen molar-refractivity contribution in [2.45, 2.75) is 46.0 Å². The number of allylic oxidation sites excluding steroid dienone is 7. The molecule has 49 heavy (non-hydrogen) atoms. The molecule has 240 valence electrons. The monoisotopic (exact) mass is 634 g/mol. The molecule has 0 bridgehead atoms. The maximum absolute atomic E-state index is 5.29. The Bertz CT molecular complexity index is 2320. The van der Waals surface area contributed by atoms with Gasteiger partial charge in [0.1, 0.15) is 0 Å². The smallest absolute Gasteiger partial charge is 0.0917 e. The Morgan fingerprint density at radius 1 is 0.878 bits per heavy atom. The van der Waals surface area contributed by atoms with E-state index in [0.717, 1.165) is 37.1 Å². The number of aliphatic imine (C=N–C) groups is 1. The summed E-state index contributed by atoms with van der Waals surface area (Å²) in [6.45, 7) is 8.55. The SMILES string of the molecule is C=C/C(=C\C(C)C)c1ccc2ccc3c(-c4ccc5c(c4)C=CC(C4C6=C(N=C7C=CCCC74)c4ncccc4CC6)C5)cccc3c2c1. The van der Waals surface area contributed by atoms with E-state index in [2.05, 4.69) is 130 Å². The number of hydrogen-bond donors (Lipinski definition) is 0. The van der Waals surface area contributed by atoms with Crippen LogP contribution in [0.2, 0.25) is 0 Å². The quantitative estimate of drug-likeness (QED) is 0.139. The number of hydrogen-bond acceptors (Lipinski definition) is 2. The average Bonchev–Trinajstić information content (AvgIpc) is 3.15. The lowest BCUT2D eigenvalue weighted by atomic mass is 9.64. The highest BCUT2D eigenvalue weighted by molar-refractivity contribution is 6.13. The van der Waals surface area contributed by atoms with E-state index in [0.29, 0.717) is 23.7 Å². The van der Waals surface area contributed by atoms with Gasteiger partial charge in [-0.1, -0.05) is 111 Å². The number of aromatic nitrogens is 1. The molecule has 2 heterocycles. The van der Waals surface area contributed by atoms with E-state index in [1.807, 2.05) is 12.3 Å². The van der Waals surface area contributed by atoms with Crippen molar-refractivity contribution in [3.8, 4) is 11.1 Å². The molecular formula is C47H42N2. The summed E-state index contributed by atoms with van der Waals surface area (Å²) in [6, 6.07) is 29.7. The van der Waals surface area contributed by atoms with Crippen LogP contribution >= 0.6 is 0 Å². The average molecular weight is 635 g/mol. The molecule has 5 aromatic rings. The molecule has 3 atom stereocenters. The molecule has 0 fully saturated rings. The van der Waals surface area contributed by atoms with Crippen molar-refractivity contribution in [2.24, 2.45) is 28.7 Å². The van der Waals surface area contributed by atoms with Crippen LogP contribution in [0.15, 0.2) is 133 Å². The Hall–Kier alpha value is -5.08. The predicted molar refractivity (Wildman–Crippen MR) is 208 cm³/mol. The molecule has 4 aromatic carbocycles. The summed E-state index contributed by atoms with van der Waals surface area (Å²) < 4.78 is 0. The third-order valence-electron chi connectivity index (χ3n) is 11.3. The zero-order valence-electron chi connectivity index (χ0n) is 28.5. The van der Waals surface area contributed by atoms with Gasteiger partial charge in [-0.2, -0.15) is 0 Å². The first-order valence-corrected chi connectivity index (χ1v) is 18.1. The molecule has 3 unspecified atom stereocenters. The molecule has 4 aliphatic rings. The molecule has 9 rings (SSSR count). The Morgan fingerprint density at radius 2 is 1.80 bits per heavy atom. The van der Waals surface area contributed by atoms with Gasteiger partial charge in [0, 0.05) is 17.8 Å². The highest BCUT2D eigenvalue weighted by atomic mass is 14.9. The highest BCUT2D eigenvalue weighted by Crippen LogP contribution is 2.49. The number of rotatable bonds is 5. The van der Waals surface area contributed by atoms with Crippen LogP contribution < -0.4 is 0 Å². The van der Waals surface area contributed by atoms with Crippen LogP contribution in [0.5, 0.6) is 0 Å². The molecule has 0 spiro atoms. The zero-order chi connectivity index (χ0) is 33.1. The standard InChI is InChI=1S/C47H42N2/c1-4-30(25-29(2)3)35-15-14-31-20-22-40-38(11-7-12-39(40)43(31)28-35)36-18-16-34-27-37(19-17-33(34)26-36)45-41-10-5-6-13-44(41)49-47-42(45)23-21-32-9-8-24-48-46(32)47/h4,6-9,11-20,22,24-26,28-29,37,41,45H,1,5,10,21,23,27H2,2-3H3/b30-25+. The van der Waals surface area contributed by atoms with E-state index in [-0.39, 0.29) is 0 Å². The first-order valence-electron chi connectivity index (χ1n) is 18.1. The molecule has 0 amide bonds. The van der Waals surface area contributed by atoms with Crippen molar-refractivity contribution >= 4 is 44.6 Å². The van der Waals surface area contributed by atoms with Crippen molar-refractivity contribution in [1.29, 1.82) is 0 Å². The topological polar surface area (TPSA) is 25.2 Å². The molecular weight excluding hydrogens is 593 g/mol. The lowest BCUT2D eigenvalue weighted by Crippen LogP contribution is -2.36. The van der Waals surface area contributed by atoms with E-state index in [1.165, 1.54) is 78.2 Å². The normalized spacial score (nSPS) is 21.3. The Morgan fingerprint density at radius 3 is 2.69 bits per heavy atom. The highest BCUT2D eigenvalue weighted by Gasteiger charge is 2.41. The second-order valence-electron chi connectivity index (χ2n) is 14.6. The van der Waals surface area contributed by atoms with E-state index in [1.54, 1.807) is 0 Å². The van der Waals surface area contributed by atoms with Gasteiger partial charge in [-0.15, -0.1) is 0 Å². The fourth-order valence-electron chi connectivity index (χ4n) is 9.07. The fourth-order valence-corrected chi connectivity index (χ4v) is 9.07. The van der Waals surface area contributed by atoms with Gasteiger partial charge in [0.05, 0.1) is 11.4 Å². The van der Waals surface area contributed by atoms with E-state index in [4.69, 9.17) is 9.98 Å². The van der Waals surface area contributed by atoms with Gasteiger partial charge >= 0.3 is 0 Å². The molecule has 1 aromatic heterocycles. The lowest BCUT2D eigenvalue weighted by molar-refractivity contribution is 0.340. The minimum atomic E-state index is 0.457. The van der Waals surface area contributed by atoms with Crippen LogP contribution in [0.25, 0.3) is 50.0 Å². The molecule has 0 saturated heterocycles. The summed E-state index contributed by atoms with van der Waals surface area (Å²) in [5.41, 5.74) is 14.2. The number of fused-ring (bicyclic) bond motifs is 7. The van der Waals surface area contributed by atoms with Gasteiger partial charge in [-0.05, 0) is 140 Å². The van der Waals surface area contributed by atoms with Gasteiger partial charge in [-0.25, -0.2) is 0 Å². The minimum Gasteiger partial charge on any atom is -0.254 e. The second-order valence-corrected chi connectivity index (χ2v) is 14.6. The summed E-state index contributed by atoms with van der Waals surface area (Å²) >= 11 is 0. The van der Waals surface area contributed by atoms with Crippen LogP contribution in [0.1, 0.15) is 61.1 Å². The van der Waals surface area contributed by atoms with E-state index in [9.17, 15) is 0 Å². The van der Waals surface area contributed by atoms with Gasteiger partial charge in [0.15, 0.2) is 0 Å². The second kappa shape index (κ2) is 12.1. The van der Waals surface area contributed by atoms with Crippen LogP contribution in [0.4, 0.5) is 0 Å². The van der Waals surface area contributed by atoms with Gasteiger partial charge < -0.3 is 0 Å². The molecule has 0 N–H and O–H groups in total. The number of aryl methyl sites for hydroxylation is 1. The first-order chi connectivity index (χ1) is 24.1. The lowest BCUT2D eigenvalue weighted by Gasteiger charge is -2.42. The Balaban J connectivity index is 1.07. The predicted octanol–water partition coefficient (Wildman–Crippen LogP) is 11.9. The third-order valence-corrected chi connectivity index (χ3v) is 11.3. The maximum atomic E-state index is 5.29. The number of nitrogens with zero attached hydrogens (tertiary/aromatic N) is 2. The zero-order valence-corrected chi connectivity index (χ0v) is 28.5. The maximum Gasteiger partial charge on any atom is 0.0917 e.